The number of nitrogens with two attached hydrogens (primary N) is 1. The van der Waals surface area contributed by atoms with E-state index in [0.717, 1.165) is 26.2 Å². The normalized spacial score (nSPS) is 25.6. The molecule has 32 heavy (non-hydrogen) atoms. The number of nitrogens with one attached hydrogen (secondary N) is 1. The smallest absolute Gasteiger partial charge is 0.417 e. The van der Waals surface area contributed by atoms with Crippen molar-refractivity contribution in [3.8, 4) is 5.75 Å². The van der Waals surface area contributed by atoms with Crippen LogP contribution in [0.25, 0.3) is 0 Å². The van der Waals surface area contributed by atoms with Crippen molar-refractivity contribution in [3.05, 3.63) is 46.2 Å². The van der Waals surface area contributed by atoms with Gasteiger partial charge in [0.15, 0.2) is 17.2 Å². The van der Waals surface area contributed by atoms with Crippen molar-refractivity contribution in [2.75, 3.05) is 18.2 Å². The molecule has 0 bridgehead atoms. The fourth-order valence-electron chi connectivity index (χ4n) is 3.81. The summed E-state index contributed by atoms with van der Waals surface area (Å²) in [4.78, 5) is 17.0. The Balaban J connectivity index is 2.12. The Morgan fingerprint density at radius 3 is 2.53 bits per heavy atom. The number of nitrogen functional groups attached to an aromatic ring is 1. The highest BCUT2D eigenvalue weighted by molar-refractivity contribution is 9.10. The van der Waals surface area contributed by atoms with Crippen molar-refractivity contribution in [1.82, 2.24) is 4.98 Å². The maximum Gasteiger partial charge on any atom is 0.417 e. The van der Waals surface area contributed by atoms with E-state index in [9.17, 15) is 26.7 Å². The van der Waals surface area contributed by atoms with Gasteiger partial charge in [-0.1, -0.05) is 13.0 Å². The number of nitrogens with zero attached hydrogens (tertiary/aromatic N) is 1. The SMILES string of the molecule is COc1c([C@H]2[C@H](C(=O)Nc3c(N)ccnc3Br)O[C@@](C)(C(F)(F)F)[C@H]2C)ccc(F)c1F. The molecule has 1 amide bonds. The van der Waals surface area contributed by atoms with Gasteiger partial charge in [-0.15, -0.1) is 0 Å². The molecule has 6 nitrogen and oxygen atoms in total. The molecule has 4 atom stereocenters. The molecule has 1 fully saturated rings. The number of amides is 1. The summed E-state index contributed by atoms with van der Waals surface area (Å²) in [6.45, 7) is 2.03. The Morgan fingerprint density at radius 1 is 1.31 bits per heavy atom. The van der Waals surface area contributed by atoms with E-state index in [2.05, 4.69) is 26.2 Å². The van der Waals surface area contributed by atoms with Crippen LogP contribution in [0.3, 0.4) is 0 Å². The molecule has 0 unspecified atom stereocenters. The molecule has 2 aromatic rings. The molecular formula is C20H19BrF5N3O3. The van der Waals surface area contributed by atoms with Crippen LogP contribution in [0.4, 0.5) is 33.3 Å². The van der Waals surface area contributed by atoms with Crippen LogP contribution < -0.4 is 15.8 Å². The molecule has 1 aromatic heterocycles. The highest BCUT2D eigenvalue weighted by Gasteiger charge is 2.66. The summed E-state index contributed by atoms with van der Waals surface area (Å²) >= 11 is 3.11. The number of halogens is 6. The summed E-state index contributed by atoms with van der Waals surface area (Å²) in [5.41, 5.74) is 3.07. The number of ether oxygens (including phenoxy) is 2. The quantitative estimate of drug-likeness (QED) is 0.444. The van der Waals surface area contributed by atoms with E-state index in [1.165, 1.54) is 19.2 Å². The first-order chi connectivity index (χ1) is 14.8. The second-order valence-corrected chi connectivity index (χ2v) is 8.25. The number of carbonyl (C=O) groups is 1. The van der Waals surface area contributed by atoms with Crippen molar-refractivity contribution < 1.29 is 36.2 Å². The van der Waals surface area contributed by atoms with E-state index in [1.807, 2.05) is 0 Å². The highest BCUT2D eigenvalue weighted by atomic mass is 79.9. The highest BCUT2D eigenvalue weighted by Crippen LogP contribution is 2.55. The van der Waals surface area contributed by atoms with Gasteiger partial charge in [-0.25, -0.2) is 9.37 Å². The lowest BCUT2D eigenvalue weighted by Crippen LogP contribution is -2.47. The van der Waals surface area contributed by atoms with Crippen LogP contribution in [0.5, 0.6) is 5.75 Å². The molecular weight excluding hydrogens is 505 g/mol. The van der Waals surface area contributed by atoms with Crippen molar-refractivity contribution in [2.24, 2.45) is 5.92 Å². The third-order valence-electron chi connectivity index (χ3n) is 5.76. The minimum atomic E-state index is -4.86. The first-order valence-corrected chi connectivity index (χ1v) is 10.1. The van der Waals surface area contributed by atoms with Gasteiger partial charge in [0.2, 0.25) is 5.82 Å². The van der Waals surface area contributed by atoms with E-state index >= 15 is 0 Å². The topological polar surface area (TPSA) is 86.5 Å². The van der Waals surface area contributed by atoms with Gasteiger partial charge < -0.3 is 20.5 Å². The van der Waals surface area contributed by atoms with Crippen LogP contribution in [-0.4, -0.2) is 35.9 Å². The molecule has 0 spiro atoms. The predicted molar refractivity (Wildman–Crippen MR) is 109 cm³/mol. The van der Waals surface area contributed by atoms with Crippen molar-refractivity contribution in [3.63, 3.8) is 0 Å². The minimum absolute atomic E-state index is 0.0327. The molecule has 0 saturated carbocycles. The molecule has 0 radical (unpaired) electrons. The van der Waals surface area contributed by atoms with Gasteiger partial charge in [0.05, 0.1) is 18.5 Å². The minimum Gasteiger partial charge on any atom is -0.493 e. The van der Waals surface area contributed by atoms with Crippen molar-refractivity contribution >= 4 is 33.2 Å². The number of rotatable bonds is 4. The first-order valence-electron chi connectivity index (χ1n) is 9.30. The van der Waals surface area contributed by atoms with Crippen LogP contribution in [0.2, 0.25) is 0 Å². The van der Waals surface area contributed by atoms with Gasteiger partial charge in [0.1, 0.15) is 10.7 Å². The summed E-state index contributed by atoms with van der Waals surface area (Å²) in [5, 5.41) is 2.42. The molecule has 1 aliphatic rings. The Labute approximate surface area is 188 Å². The molecule has 1 aromatic carbocycles. The number of hydrogen-bond donors (Lipinski definition) is 2. The Bertz CT molecular complexity index is 1030. The lowest BCUT2D eigenvalue weighted by molar-refractivity contribution is -0.272. The van der Waals surface area contributed by atoms with E-state index in [1.54, 1.807) is 0 Å². The Hall–Kier alpha value is -2.47. The summed E-state index contributed by atoms with van der Waals surface area (Å²) in [5.74, 6) is -6.89. The number of hydrogen-bond acceptors (Lipinski definition) is 5. The number of pyridine rings is 1. The maximum absolute atomic E-state index is 14.4. The number of aromatic nitrogens is 1. The molecule has 1 saturated heterocycles. The molecule has 3 N–H and O–H groups in total. The zero-order valence-corrected chi connectivity index (χ0v) is 18.6. The van der Waals surface area contributed by atoms with E-state index in [4.69, 9.17) is 15.2 Å². The molecule has 0 aliphatic carbocycles. The largest absolute Gasteiger partial charge is 0.493 e. The third kappa shape index (κ3) is 3.90. The number of alkyl halides is 3. The zero-order valence-electron chi connectivity index (χ0n) is 17.1. The number of benzene rings is 1. The number of carbonyl (C=O) groups excluding carboxylic acids is 1. The van der Waals surface area contributed by atoms with E-state index in [0.29, 0.717) is 0 Å². The summed E-state index contributed by atoms with van der Waals surface area (Å²) < 4.78 is 80.3. The van der Waals surface area contributed by atoms with E-state index < -0.39 is 53.0 Å². The Morgan fingerprint density at radius 2 is 1.97 bits per heavy atom. The molecule has 1 aliphatic heterocycles. The van der Waals surface area contributed by atoms with Crippen LogP contribution in [0.15, 0.2) is 29.0 Å². The van der Waals surface area contributed by atoms with Gasteiger partial charge in [0.25, 0.3) is 5.91 Å². The average Bonchev–Trinajstić information content (AvgIpc) is 2.99. The number of methoxy groups -OCH3 is 1. The monoisotopic (exact) mass is 523 g/mol. The molecule has 174 valence electrons. The fraction of sp³-hybridized carbons (Fsp3) is 0.400. The van der Waals surface area contributed by atoms with Gasteiger partial charge in [-0.2, -0.15) is 17.6 Å². The van der Waals surface area contributed by atoms with Crippen molar-refractivity contribution in [1.29, 1.82) is 0 Å². The predicted octanol–water partition coefficient (Wildman–Crippen LogP) is 4.79. The second-order valence-electron chi connectivity index (χ2n) is 7.50. The van der Waals surface area contributed by atoms with Crippen molar-refractivity contribution in [2.45, 2.75) is 37.6 Å². The van der Waals surface area contributed by atoms with Crippen LogP contribution in [0.1, 0.15) is 25.3 Å². The maximum atomic E-state index is 14.4. The lowest BCUT2D eigenvalue weighted by Gasteiger charge is -2.32. The summed E-state index contributed by atoms with van der Waals surface area (Å²) in [6.07, 6.45) is -5.24. The van der Waals surface area contributed by atoms with Crippen LogP contribution in [0, 0.1) is 17.6 Å². The van der Waals surface area contributed by atoms with Gasteiger partial charge in [-0.05, 0) is 35.0 Å². The van der Waals surface area contributed by atoms with Crippen LogP contribution in [-0.2, 0) is 9.53 Å². The third-order valence-corrected chi connectivity index (χ3v) is 6.36. The average molecular weight is 524 g/mol. The molecule has 3 rings (SSSR count). The van der Waals surface area contributed by atoms with Gasteiger partial charge >= 0.3 is 6.18 Å². The van der Waals surface area contributed by atoms with Gasteiger partial charge in [0, 0.05) is 23.6 Å². The molecule has 2 heterocycles. The lowest BCUT2D eigenvalue weighted by atomic mass is 9.77. The number of anilines is 2. The second kappa shape index (κ2) is 8.47. The molecule has 12 heteroatoms. The summed E-state index contributed by atoms with van der Waals surface area (Å²) in [6, 6.07) is 3.22. The standard InChI is InChI=1S/C20H19BrF5N3O3/c1-8-12(9-4-5-10(22)13(23)15(9)31-3)16(32-19(8,2)20(24,25)26)18(30)29-14-11(27)6-7-28-17(14)21/h4-8,12,16H,1-3H3,(H2,27,28)(H,29,30)/t8-,12-,16+,19+/m0/s1. The zero-order chi connectivity index (χ0) is 24.0. The first kappa shape index (κ1) is 24.2. The summed E-state index contributed by atoms with van der Waals surface area (Å²) in [7, 11) is 1.05. The van der Waals surface area contributed by atoms with Crippen LogP contribution >= 0.6 is 15.9 Å². The van der Waals surface area contributed by atoms with E-state index in [-0.39, 0.29) is 21.5 Å². The fourth-order valence-corrected chi connectivity index (χ4v) is 4.25. The Kier molecular flexibility index (Phi) is 6.40. The van der Waals surface area contributed by atoms with Gasteiger partial charge in [-0.3, -0.25) is 4.79 Å².